The van der Waals surface area contributed by atoms with Gasteiger partial charge in [0, 0.05) is 0 Å². The number of rotatable bonds is 1. The van der Waals surface area contributed by atoms with Crippen molar-refractivity contribution in [2.45, 2.75) is 62.2 Å². The van der Waals surface area contributed by atoms with Crippen LogP contribution < -0.4 is 5.32 Å². The molecule has 0 aromatic heterocycles. The summed E-state index contributed by atoms with van der Waals surface area (Å²) in [5.41, 5.74) is -5.50. The fourth-order valence-corrected chi connectivity index (χ4v) is 2.86. The Morgan fingerprint density at radius 2 is 1.50 bits per heavy atom. The highest BCUT2D eigenvalue weighted by molar-refractivity contribution is 5.36. The molecule has 4 N–H and O–H groups in total. The van der Waals surface area contributed by atoms with E-state index in [2.05, 4.69) is 5.32 Å². The summed E-state index contributed by atoms with van der Waals surface area (Å²) in [7, 11) is 1.70. The molecule has 2 aliphatic rings. The van der Waals surface area contributed by atoms with Gasteiger partial charge in [-0.15, -0.1) is 0 Å². The van der Waals surface area contributed by atoms with Crippen LogP contribution in [0, 0.1) is 0 Å². The minimum Gasteiger partial charge on any atom is -0.384 e. The molecule has 5 heteroatoms. The SMILES string of the molecule is CNC1C2OC(C)(C)C(C)(O)[C@](C)(O)[C@@]12O. The largest absolute Gasteiger partial charge is 0.384 e. The minimum atomic E-state index is -1.62. The summed E-state index contributed by atoms with van der Waals surface area (Å²) in [5.74, 6) is 0. The molecular weight excluding hydrogens is 210 g/mol. The normalized spacial score (nSPS) is 59.2. The molecule has 0 spiro atoms. The Morgan fingerprint density at radius 3 is 1.94 bits per heavy atom. The van der Waals surface area contributed by atoms with Crippen LogP contribution in [0.1, 0.15) is 27.7 Å². The molecule has 5 nitrogen and oxygen atoms in total. The lowest BCUT2D eigenvalue weighted by atomic mass is 9.68. The van der Waals surface area contributed by atoms with Crippen LogP contribution in [0.5, 0.6) is 0 Å². The standard InChI is InChI=1S/C11H21NO4/c1-8(2)9(3,13)10(4,14)11(15)6(12-5)7(11)16-8/h6-7,12-15H,1-5H3/t6?,7?,9?,10-,11+/m0/s1. The average Bonchev–Trinajstić information content (AvgIpc) is 2.70. The van der Waals surface area contributed by atoms with Crippen molar-refractivity contribution in [3.63, 3.8) is 0 Å². The number of nitrogens with one attached hydrogen (secondary N) is 1. The zero-order valence-electron chi connectivity index (χ0n) is 10.4. The number of aliphatic hydroxyl groups is 3. The van der Waals surface area contributed by atoms with Crippen LogP contribution >= 0.6 is 0 Å². The Hall–Kier alpha value is -0.200. The Bertz CT molecular complexity index is 326. The first-order valence-electron chi connectivity index (χ1n) is 5.56. The van der Waals surface area contributed by atoms with E-state index in [4.69, 9.17) is 4.74 Å². The summed E-state index contributed by atoms with van der Waals surface area (Å²) >= 11 is 0. The molecule has 94 valence electrons. The quantitative estimate of drug-likeness (QED) is 0.465. The van der Waals surface area contributed by atoms with Gasteiger partial charge < -0.3 is 25.4 Å². The maximum Gasteiger partial charge on any atom is 0.141 e. The van der Waals surface area contributed by atoms with Crippen LogP contribution in [0.25, 0.3) is 0 Å². The molecular formula is C11H21NO4. The van der Waals surface area contributed by atoms with Crippen molar-refractivity contribution in [3.8, 4) is 0 Å². The molecule has 16 heavy (non-hydrogen) atoms. The summed E-state index contributed by atoms with van der Waals surface area (Å²) in [6, 6.07) is -0.351. The molecule has 0 radical (unpaired) electrons. The Morgan fingerprint density at radius 1 is 1.00 bits per heavy atom. The monoisotopic (exact) mass is 231 g/mol. The first-order chi connectivity index (χ1) is 7.04. The van der Waals surface area contributed by atoms with Gasteiger partial charge in [-0.3, -0.25) is 0 Å². The number of likely N-dealkylation sites (N-methyl/N-ethyl adjacent to an activating group) is 1. The van der Waals surface area contributed by atoms with E-state index in [9.17, 15) is 15.3 Å². The van der Waals surface area contributed by atoms with Gasteiger partial charge >= 0.3 is 0 Å². The van der Waals surface area contributed by atoms with E-state index >= 15 is 0 Å². The van der Waals surface area contributed by atoms with Crippen LogP contribution in [0.2, 0.25) is 0 Å². The molecule has 1 saturated carbocycles. The molecule has 5 atom stereocenters. The van der Waals surface area contributed by atoms with Gasteiger partial charge in [0.25, 0.3) is 0 Å². The second-order valence-electron chi connectivity index (χ2n) is 5.78. The summed E-state index contributed by atoms with van der Waals surface area (Å²) in [6.07, 6.45) is -0.484. The minimum absolute atomic E-state index is 0.351. The van der Waals surface area contributed by atoms with Gasteiger partial charge in [0.1, 0.15) is 22.9 Å². The molecule has 1 aliphatic carbocycles. The van der Waals surface area contributed by atoms with E-state index in [1.807, 2.05) is 0 Å². The van der Waals surface area contributed by atoms with Gasteiger partial charge in [0.15, 0.2) is 0 Å². The first-order valence-corrected chi connectivity index (χ1v) is 5.56. The van der Waals surface area contributed by atoms with Gasteiger partial charge in [0.05, 0.1) is 11.6 Å². The van der Waals surface area contributed by atoms with E-state index in [0.29, 0.717) is 0 Å². The first kappa shape index (κ1) is 12.3. The summed E-state index contributed by atoms with van der Waals surface area (Å²) < 4.78 is 5.68. The lowest BCUT2D eigenvalue weighted by molar-refractivity contribution is -0.312. The van der Waals surface area contributed by atoms with Gasteiger partial charge in [-0.1, -0.05) is 0 Å². The van der Waals surface area contributed by atoms with Crippen molar-refractivity contribution in [1.82, 2.24) is 5.32 Å². The Balaban J connectivity index is 2.47. The maximum atomic E-state index is 10.5. The van der Waals surface area contributed by atoms with Crippen molar-refractivity contribution in [3.05, 3.63) is 0 Å². The predicted molar refractivity (Wildman–Crippen MR) is 58.0 cm³/mol. The van der Waals surface area contributed by atoms with Crippen molar-refractivity contribution in [1.29, 1.82) is 0 Å². The van der Waals surface area contributed by atoms with Crippen LogP contribution in [-0.4, -0.2) is 56.9 Å². The van der Waals surface area contributed by atoms with E-state index < -0.39 is 28.5 Å². The number of fused-ring (bicyclic) bond motifs is 1. The lowest BCUT2D eigenvalue weighted by Gasteiger charge is -2.54. The molecule has 0 aromatic carbocycles. The van der Waals surface area contributed by atoms with Crippen LogP contribution in [-0.2, 0) is 4.74 Å². The zero-order chi connectivity index (χ0) is 12.6. The molecule has 0 amide bonds. The second-order valence-corrected chi connectivity index (χ2v) is 5.78. The fraction of sp³-hybridized carbons (Fsp3) is 1.00. The second kappa shape index (κ2) is 2.79. The van der Waals surface area contributed by atoms with Crippen molar-refractivity contribution >= 4 is 0 Å². The third-order valence-corrected chi connectivity index (χ3v) is 4.73. The highest BCUT2D eigenvalue weighted by Gasteiger charge is 2.83. The zero-order valence-corrected chi connectivity index (χ0v) is 10.4. The van der Waals surface area contributed by atoms with E-state index in [1.165, 1.54) is 13.8 Å². The molecule has 0 aromatic rings. The van der Waals surface area contributed by atoms with Gasteiger partial charge in [0.2, 0.25) is 0 Å². The van der Waals surface area contributed by atoms with Gasteiger partial charge in [-0.05, 0) is 34.7 Å². The van der Waals surface area contributed by atoms with Crippen LogP contribution in [0.15, 0.2) is 0 Å². The number of hydrogen-bond acceptors (Lipinski definition) is 5. The summed E-state index contributed by atoms with van der Waals surface area (Å²) in [6.45, 7) is 6.38. The van der Waals surface area contributed by atoms with E-state index in [1.54, 1.807) is 20.9 Å². The fourth-order valence-electron chi connectivity index (χ4n) is 2.86. The highest BCUT2D eigenvalue weighted by atomic mass is 16.6. The molecule has 2 fully saturated rings. The molecule has 3 unspecified atom stereocenters. The van der Waals surface area contributed by atoms with E-state index in [-0.39, 0.29) is 6.04 Å². The molecule has 2 rings (SSSR count). The molecule has 1 saturated heterocycles. The molecule has 1 aliphatic heterocycles. The topological polar surface area (TPSA) is 82.0 Å². The molecule has 0 bridgehead atoms. The third-order valence-electron chi connectivity index (χ3n) is 4.73. The maximum absolute atomic E-state index is 10.5. The Labute approximate surface area is 95.4 Å². The highest BCUT2D eigenvalue weighted by Crippen LogP contribution is 2.59. The Kier molecular flexibility index (Phi) is 2.14. The van der Waals surface area contributed by atoms with Crippen LogP contribution in [0.4, 0.5) is 0 Å². The number of hydrogen-bond donors (Lipinski definition) is 4. The predicted octanol–water partition coefficient (Wildman–Crippen LogP) is -1.00. The average molecular weight is 231 g/mol. The summed E-state index contributed by atoms with van der Waals surface area (Å²) in [4.78, 5) is 0. The summed E-state index contributed by atoms with van der Waals surface area (Å²) in [5, 5.41) is 34.2. The van der Waals surface area contributed by atoms with Gasteiger partial charge in [-0.2, -0.15) is 0 Å². The van der Waals surface area contributed by atoms with Crippen LogP contribution in [0.3, 0.4) is 0 Å². The van der Waals surface area contributed by atoms with Gasteiger partial charge in [-0.25, -0.2) is 0 Å². The number of ether oxygens (including phenoxy) is 1. The van der Waals surface area contributed by atoms with Crippen molar-refractivity contribution in [2.24, 2.45) is 0 Å². The van der Waals surface area contributed by atoms with Crippen molar-refractivity contribution in [2.75, 3.05) is 7.05 Å². The molecule has 1 heterocycles. The smallest absolute Gasteiger partial charge is 0.141 e. The van der Waals surface area contributed by atoms with Crippen molar-refractivity contribution < 1.29 is 20.1 Å². The third kappa shape index (κ3) is 0.990. The van der Waals surface area contributed by atoms with E-state index in [0.717, 1.165) is 0 Å². The lowest BCUT2D eigenvalue weighted by Crippen LogP contribution is -2.73.